The van der Waals surface area contributed by atoms with E-state index >= 15 is 0 Å². The molecule has 2 heterocycles. The molecule has 1 aliphatic rings. The van der Waals surface area contributed by atoms with E-state index in [0.717, 1.165) is 28.3 Å². The highest BCUT2D eigenvalue weighted by molar-refractivity contribution is 5.79. The molecule has 3 aromatic rings. The van der Waals surface area contributed by atoms with Gasteiger partial charge in [0.15, 0.2) is 5.69 Å². The van der Waals surface area contributed by atoms with Crippen molar-refractivity contribution in [2.75, 3.05) is 7.11 Å². The third-order valence-electron chi connectivity index (χ3n) is 4.64. The molecule has 4 heteroatoms. The lowest BCUT2D eigenvalue weighted by molar-refractivity contribution is 0.414. The van der Waals surface area contributed by atoms with Gasteiger partial charge < -0.3 is 4.74 Å². The van der Waals surface area contributed by atoms with Gasteiger partial charge in [-0.3, -0.25) is 4.98 Å². The predicted molar refractivity (Wildman–Crippen MR) is 97.8 cm³/mol. The van der Waals surface area contributed by atoms with Crippen LogP contribution in [0, 0.1) is 5.82 Å². The molecule has 0 bridgehead atoms. The van der Waals surface area contributed by atoms with Gasteiger partial charge in [-0.25, -0.2) is 8.87 Å². The Kier molecular flexibility index (Phi) is 3.82. The van der Waals surface area contributed by atoms with E-state index in [0.29, 0.717) is 11.0 Å². The second-order valence-electron chi connectivity index (χ2n) is 6.10. The average molecular weight is 333 g/mol. The van der Waals surface area contributed by atoms with Crippen molar-refractivity contribution in [3.8, 4) is 5.75 Å². The number of aromatic nitrogens is 1. The maximum Gasteiger partial charge on any atom is 0.150 e. The Hall–Kier alpha value is -2.98. The number of fused-ring (bicyclic) bond motifs is 1. The van der Waals surface area contributed by atoms with Crippen LogP contribution in [0.2, 0.25) is 0 Å². The van der Waals surface area contributed by atoms with E-state index in [1.54, 1.807) is 19.5 Å². The summed E-state index contributed by atoms with van der Waals surface area (Å²) in [7, 11) is 1.67. The summed E-state index contributed by atoms with van der Waals surface area (Å²) < 4.78 is 19.2. The van der Waals surface area contributed by atoms with E-state index in [4.69, 9.17) is 4.74 Å². The lowest BCUT2D eigenvalue weighted by atomic mass is 10.1. The Labute approximate surface area is 146 Å². The molecule has 0 saturated heterocycles. The molecule has 1 aromatic heterocycles. The average Bonchev–Trinajstić information content (AvgIpc) is 3.03. The van der Waals surface area contributed by atoms with Crippen LogP contribution in [0.1, 0.15) is 11.1 Å². The molecule has 25 heavy (non-hydrogen) atoms. The Morgan fingerprint density at radius 2 is 1.76 bits per heavy atom. The molecule has 4 rings (SSSR count). The topological polar surface area (TPSA) is 22.1 Å². The lowest BCUT2D eigenvalue weighted by Crippen LogP contribution is -2.36. The zero-order valence-corrected chi connectivity index (χ0v) is 13.9. The monoisotopic (exact) mass is 333 g/mol. The molecule has 1 unspecified atom stereocenters. The first-order valence-corrected chi connectivity index (χ1v) is 8.12. The number of ether oxygens (including phenoxy) is 1. The first kappa shape index (κ1) is 15.5. The Morgan fingerprint density at radius 3 is 2.48 bits per heavy atom. The zero-order chi connectivity index (χ0) is 17.3. The van der Waals surface area contributed by atoms with Crippen LogP contribution in [-0.4, -0.2) is 12.1 Å². The van der Waals surface area contributed by atoms with Crippen LogP contribution in [0.3, 0.4) is 0 Å². The largest absolute Gasteiger partial charge is 0.497 e. The maximum absolute atomic E-state index is 13.3. The summed E-state index contributed by atoms with van der Waals surface area (Å²) in [4.78, 5) is 4.15. The Balaban J connectivity index is 1.85. The minimum Gasteiger partial charge on any atom is -0.497 e. The molecule has 2 aromatic carbocycles. The lowest BCUT2D eigenvalue weighted by Gasteiger charge is -2.32. The van der Waals surface area contributed by atoms with E-state index in [1.807, 2.05) is 36.4 Å². The number of rotatable bonds is 4. The van der Waals surface area contributed by atoms with Crippen molar-refractivity contribution in [2.45, 2.75) is 6.54 Å². The summed E-state index contributed by atoms with van der Waals surface area (Å²) in [6.45, 7) is 0.695. The first-order valence-electron chi connectivity index (χ1n) is 8.12. The van der Waals surface area contributed by atoms with Crippen molar-refractivity contribution in [1.29, 1.82) is 0 Å². The smallest absolute Gasteiger partial charge is 0.150 e. The normalized spacial score (nSPS) is 18.2. The molecular weight excluding hydrogens is 315 g/mol. The number of pyridine rings is 1. The fraction of sp³-hybridized carbons (Fsp3) is 0.0952. The van der Waals surface area contributed by atoms with Crippen LogP contribution in [0.5, 0.6) is 5.75 Å². The highest BCUT2D eigenvalue weighted by Gasteiger charge is 2.37. The van der Waals surface area contributed by atoms with Crippen LogP contribution in [0.25, 0.3) is 6.08 Å². The summed E-state index contributed by atoms with van der Waals surface area (Å²) in [6.07, 6.45) is 7.88. The van der Waals surface area contributed by atoms with Crippen LogP contribution in [0.15, 0.2) is 73.2 Å². The Bertz CT molecular complexity index is 922. The first-order chi connectivity index (χ1) is 12.2. The third-order valence-corrected chi connectivity index (χ3v) is 4.64. The molecule has 0 amide bonds. The van der Waals surface area contributed by atoms with Gasteiger partial charge in [-0.1, -0.05) is 12.1 Å². The minimum absolute atomic E-state index is 0.221. The summed E-state index contributed by atoms with van der Waals surface area (Å²) >= 11 is 0. The number of halogens is 1. The summed E-state index contributed by atoms with van der Waals surface area (Å²) in [5.74, 6) is 0.612. The second-order valence-corrected chi connectivity index (χ2v) is 6.10. The van der Waals surface area contributed by atoms with E-state index in [1.165, 1.54) is 12.1 Å². The number of nitrogens with zero attached hydrogens (tertiary/aromatic N) is 2. The SMILES string of the molecule is COc1ccc2c(c1)C=C[N+]2(Cc1ccc(F)cc1)c1ccncc1. The molecule has 0 spiro atoms. The van der Waals surface area contributed by atoms with Crippen LogP contribution in [0.4, 0.5) is 15.8 Å². The van der Waals surface area contributed by atoms with Crippen LogP contribution < -0.4 is 9.22 Å². The molecule has 1 aliphatic heterocycles. The summed E-state index contributed by atoms with van der Waals surface area (Å²) in [5.41, 5.74) is 4.46. The van der Waals surface area contributed by atoms with E-state index < -0.39 is 0 Å². The number of methoxy groups -OCH3 is 1. The van der Waals surface area contributed by atoms with Gasteiger partial charge in [-0.05, 0) is 24.3 Å². The van der Waals surface area contributed by atoms with Gasteiger partial charge in [0.05, 0.1) is 7.11 Å². The highest BCUT2D eigenvalue weighted by atomic mass is 19.1. The van der Waals surface area contributed by atoms with Crippen LogP contribution >= 0.6 is 0 Å². The fourth-order valence-electron chi connectivity index (χ4n) is 3.39. The second kappa shape index (κ2) is 6.15. The van der Waals surface area contributed by atoms with Gasteiger partial charge >= 0.3 is 0 Å². The predicted octanol–water partition coefficient (Wildman–Crippen LogP) is 5.05. The van der Waals surface area contributed by atoms with Gasteiger partial charge in [0.25, 0.3) is 0 Å². The number of benzene rings is 2. The van der Waals surface area contributed by atoms with Gasteiger partial charge in [-0.2, -0.15) is 0 Å². The highest BCUT2D eigenvalue weighted by Crippen LogP contribution is 2.45. The Morgan fingerprint density at radius 1 is 1.00 bits per heavy atom. The van der Waals surface area contributed by atoms with Crippen molar-refractivity contribution in [1.82, 2.24) is 9.47 Å². The van der Waals surface area contributed by atoms with Crippen molar-refractivity contribution < 1.29 is 9.13 Å². The molecular formula is C21H18FN2O+. The molecule has 0 aliphatic carbocycles. The molecule has 1 atom stereocenters. The molecule has 0 fully saturated rings. The molecule has 0 N–H and O–H groups in total. The van der Waals surface area contributed by atoms with E-state index in [-0.39, 0.29) is 5.82 Å². The van der Waals surface area contributed by atoms with Crippen LogP contribution in [-0.2, 0) is 6.54 Å². The summed E-state index contributed by atoms with van der Waals surface area (Å²) in [5, 5.41) is 0. The van der Waals surface area contributed by atoms with Gasteiger partial charge in [0.2, 0.25) is 0 Å². The van der Waals surface area contributed by atoms with Gasteiger partial charge in [-0.15, -0.1) is 0 Å². The van der Waals surface area contributed by atoms with Crippen molar-refractivity contribution in [3.05, 3.63) is 90.1 Å². The standard InChI is InChI=1S/C21H18FN2O/c1-25-20-6-7-21-17(14-20)10-13-24(21,19-8-11-23-12-9-19)15-16-2-4-18(22)5-3-16/h2-14H,15H2,1H3/q+1. The van der Waals surface area contributed by atoms with E-state index in [9.17, 15) is 4.39 Å². The fourth-order valence-corrected chi connectivity index (χ4v) is 3.39. The number of quaternary nitrogens is 1. The van der Waals surface area contributed by atoms with Crippen molar-refractivity contribution >= 4 is 17.5 Å². The molecule has 0 radical (unpaired) electrons. The van der Waals surface area contributed by atoms with E-state index in [2.05, 4.69) is 23.3 Å². The molecule has 124 valence electrons. The number of hydrogen-bond acceptors (Lipinski definition) is 2. The zero-order valence-electron chi connectivity index (χ0n) is 13.9. The molecule has 0 saturated carbocycles. The van der Waals surface area contributed by atoms with Crippen molar-refractivity contribution in [2.24, 2.45) is 0 Å². The number of hydrogen-bond donors (Lipinski definition) is 0. The minimum atomic E-state index is -0.221. The quantitative estimate of drug-likeness (QED) is 0.623. The summed E-state index contributed by atoms with van der Waals surface area (Å²) in [6, 6.07) is 16.8. The maximum atomic E-state index is 13.3. The third kappa shape index (κ3) is 2.71. The van der Waals surface area contributed by atoms with Gasteiger partial charge in [0.1, 0.15) is 30.0 Å². The molecule has 3 nitrogen and oxygen atoms in total. The van der Waals surface area contributed by atoms with Gasteiger partial charge in [0, 0.05) is 47.8 Å². The van der Waals surface area contributed by atoms with Crippen molar-refractivity contribution in [3.63, 3.8) is 0 Å².